The fourth-order valence-electron chi connectivity index (χ4n) is 4.04. The first-order chi connectivity index (χ1) is 25.0. The highest BCUT2D eigenvalue weighted by Crippen LogP contribution is 2.21. The van der Waals surface area contributed by atoms with Crippen LogP contribution in [0.3, 0.4) is 0 Å². The molecule has 0 spiro atoms. The molecule has 0 aliphatic carbocycles. The van der Waals surface area contributed by atoms with Crippen molar-refractivity contribution in [2.24, 2.45) is 9.98 Å². The van der Waals surface area contributed by atoms with Gasteiger partial charge in [0.15, 0.2) is 0 Å². The van der Waals surface area contributed by atoms with E-state index in [2.05, 4.69) is 20.8 Å². The minimum Gasteiger partial charge on any atom is -0.465 e. The smallest absolute Gasteiger partial charge is 0.426 e. The molecule has 4 amide bonds. The number of aromatic nitrogens is 2. The van der Waals surface area contributed by atoms with Crippen LogP contribution in [0, 0.1) is 13.8 Å². The molecule has 2 aromatic carbocycles. The monoisotopic (exact) mass is 788 g/mol. The Hall–Kier alpha value is -5.18. The number of ether oxygens (including phenoxy) is 4. The summed E-state index contributed by atoms with van der Waals surface area (Å²) in [4.78, 5) is 83.7. The van der Waals surface area contributed by atoms with Gasteiger partial charge in [0.1, 0.15) is 23.0 Å². The van der Waals surface area contributed by atoms with E-state index < -0.39 is 35.9 Å². The third-order valence-electron chi connectivity index (χ3n) is 6.56. The second kappa shape index (κ2) is 19.4. The van der Waals surface area contributed by atoms with Gasteiger partial charge in [0.25, 0.3) is 11.8 Å². The number of carbonyl (C=O) groups excluding carboxylic acids is 6. The second-order valence-electron chi connectivity index (χ2n) is 10.1. The van der Waals surface area contributed by atoms with Gasteiger partial charge in [-0.25, -0.2) is 39.4 Å². The summed E-state index contributed by atoms with van der Waals surface area (Å²) in [6.07, 6.45) is -1.69. The number of methoxy groups -OCH3 is 2. The van der Waals surface area contributed by atoms with Crippen LogP contribution < -0.4 is 20.5 Å². The Bertz CT molecular complexity index is 1930. The standard InChI is InChI=1S/C32H32N6O10S4/c1-19-25(27(41)45-3)51-29(37(19)35-31(43)47-15-21-11-7-5-8-12-21)33-23(39)17-49-50-18-24(40)34-30-38(20(2)26(52-30)28(42)46-4)36-32(44)48-16-22-13-9-6-10-14-22/h5-14H,15-18H2,1-4H3,(H,35,43)(H,36,44). The van der Waals surface area contributed by atoms with Crippen molar-refractivity contribution in [2.75, 3.05) is 36.6 Å². The Morgan fingerprint density at radius 1 is 0.635 bits per heavy atom. The molecule has 4 rings (SSSR count). The summed E-state index contributed by atoms with van der Waals surface area (Å²) in [5.41, 5.74) is 7.02. The number of thiazole rings is 2. The van der Waals surface area contributed by atoms with Crippen molar-refractivity contribution in [2.45, 2.75) is 27.1 Å². The van der Waals surface area contributed by atoms with Gasteiger partial charge >= 0.3 is 24.1 Å². The lowest BCUT2D eigenvalue weighted by molar-refractivity contribution is -0.116. The van der Waals surface area contributed by atoms with E-state index in [4.69, 9.17) is 18.9 Å². The van der Waals surface area contributed by atoms with Crippen molar-refractivity contribution in [1.29, 1.82) is 0 Å². The molecule has 274 valence electrons. The topological polar surface area (TPSA) is 198 Å². The van der Waals surface area contributed by atoms with Gasteiger partial charge in [-0.15, -0.1) is 0 Å². The van der Waals surface area contributed by atoms with E-state index >= 15 is 0 Å². The third kappa shape index (κ3) is 11.2. The van der Waals surface area contributed by atoms with E-state index in [0.717, 1.165) is 64.7 Å². The van der Waals surface area contributed by atoms with E-state index in [9.17, 15) is 28.8 Å². The maximum Gasteiger partial charge on any atom is 0.426 e. The van der Waals surface area contributed by atoms with Crippen LogP contribution in [0.15, 0.2) is 70.6 Å². The molecule has 16 nitrogen and oxygen atoms in total. The highest BCUT2D eigenvalue weighted by atomic mass is 33.1. The summed E-state index contributed by atoms with van der Waals surface area (Å²) in [5.74, 6) is -2.98. The van der Waals surface area contributed by atoms with Gasteiger partial charge in [-0.1, -0.05) is 105 Å². The number of hydrogen-bond donors (Lipinski definition) is 2. The van der Waals surface area contributed by atoms with E-state index in [1.807, 2.05) is 12.1 Å². The van der Waals surface area contributed by atoms with Crippen LogP contribution in [-0.2, 0) is 41.8 Å². The molecule has 0 aliphatic heterocycles. The van der Waals surface area contributed by atoms with Gasteiger partial charge in [-0.05, 0) is 25.0 Å². The molecule has 0 fully saturated rings. The normalized spacial score (nSPS) is 11.5. The molecule has 20 heteroatoms. The molecule has 0 saturated carbocycles. The van der Waals surface area contributed by atoms with Crippen LogP contribution in [0.25, 0.3) is 0 Å². The summed E-state index contributed by atoms with van der Waals surface area (Å²) in [7, 11) is 4.44. The van der Waals surface area contributed by atoms with Gasteiger partial charge in [0.2, 0.25) is 9.60 Å². The molecule has 52 heavy (non-hydrogen) atoms. The molecule has 0 atom stereocenters. The average Bonchev–Trinajstić information content (AvgIpc) is 3.62. The van der Waals surface area contributed by atoms with Gasteiger partial charge in [0, 0.05) is 0 Å². The first kappa shape index (κ1) is 39.6. The zero-order valence-electron chi connectivity index (χ0n) is 28.1. The van der Waals surface area contributed by atoms with Crippen molar-refractivity contribution < 1.29 is 47.7 Å². The predicted octanol–water partition coefficient (Wildman–Crippen LogP) is 4.30. The second-order valence-corrected chi connectivity index (χ2v) is 14.6. The molecule has 0 aliphatic rings. The Labute approximate surface area is 312 Å². The zero-order chi connectivity index (χ0) is 37.6. The van der Waals surface area contributed by atoms with Crippen LogP contribution in [0.5, 0.6) is 0 Å². The first-order valence-corrected chi connectivity index (χ1v) is 19.1. The number of nitrogens with zero attached hydrogens (tertiary/aromatic N) is 4. The highest BCUT2D eigenvalue weighted by molar-refractivity contribution is 8.77. The van der Waals surface area contributed by atoms with Crippen molar-refractivity contribution in [3.8, 4) is 0 Å². The maximum absolute atomic E-state index is 12.8. The van der Waals surface area contributed by atoms with Crippen LogP contribution in [0.4, 0.5) is 9.59 Å². The third-order valence-corrected chi connectivity index (χ3v) is 10.9. The first-order valence-electron chi connectivity index (χ1n) is 15.0. The van der Waals surface area contributed by atoms with E-state index in [1.54, 1.807) is 62.4 Å². The molecule has 0 bridgehead atoms. The molecule has 0 saturated heterocycles. The van der Waals surface area contributed by atoms with Crippen molar-refractivity contribution in [3.05, 3.63) is 103 Å². The quantitative estimate of drug-likeness (QED) is 0.0845. The van der Waals surface area contributed by atoms with Gasteiger partial charge in [-0.2, -0.15) is 9.98 Å². The Morgan fingerprint density at radius 3 is 1.35 bits per heavy atom. The lowest BCUT2D eigenvalue weighted by atomic mass is 10.2. The molecule has 2 heterocycles. The minimum atomic E-state index is -0.845. The molecule has 0 unspecified atom stereocenters. The van der Waals surface area contributed by atoms with Crippen molar-refractivity contribution >= 4 is 80.2 Å². The summed E-state index contributed by atoms with van der Waals surface area (Å²) in [6, 6.07) is 18.0. The van der Waals surface area contributed by atoms with Gasteiger partial charge in [-0.3, -0.25) is 9.59 Å². The van der Waals surface area contributed by atoms with Gasteiger partial charge in [0.05, 0.1) is 37.1 Å². The van der Waals surface area contributed by atoms with Crippen molar-refractivity contribution in [1.82, 2.24) is 9.35 Å². The number of nitrogens with one attached hydrogen (secondary N) is 2. The molecule has 0 radical (unpaired) electrons. The van der Waals surface area contributed by atoms with E-state index in [-0.39, 0.29) is 55.5 Å². The molecule has 4 aromatic rings. The predicted molar refractivity (Wildman–Crippen MR) is 195 cm³/mol. The van der Waals surface area contributed by atoms with Crippen LogP contribution in [0.2, 0.25) is 0 Å². The Balaban J connectivity index is 1.39. The lowest BCUT2D eigenvalue weighted by Gasteiger charge is -2.10. The number of hydrogen-bond acceptors (Lipinski definition) is 14. The molecule has 2 N–H and O–H groups in total. The number of benzene rings is 2. The molecular formula is C32H32N6O10S4. The van der Waals surface area contributed by atoms with Crippen LogP contribution >= 0.6 is 44.3 Å². The van der Waals surface area contributed by atoms with E-state index in [0.29, 0.717) is 0 Å². The Morgan fingerprint density at radius 2 is 1.00 bits per heavy atom. The SMILES string of the molecule is COC(=O)c1sc(=NC(=O)CSSCC(=O)N=c2sc(C(=O)OC)c(C)n2NC(=O)OCc2ccccc2)n(NC(=O)OCc2ccccc2)c1C. The maximum atomic E-state index is 12.8. The summed E-state index contributed by atoms with van der Waals surface area (Å²) in [6.45, 7) is 3.06. The number of esters is 2. The van der Waals surface area contributed by atoms with Crippen LogP contribution in [-0.4, -0.2) is 71.0 Å². The number of carbonyl (C=O) groups is 6. The Kier molecular flexibility index (Phi) is 14.8. The lowest BCUT2D eigenvalue weighted by Crippen LogP contribution is -2.32. The average molecular weight is 789 g/mol. The molecular weight excluding hydrogens is 757 g/mol. The fraction of sp³-hybridized carbons (Fsp3) is 0.250. The molecule has 2 aromatic heterocycles. The van der Waals surface area contributed by atoms with Crippen LogP contribution in [0.1, 0.15) is 41.9 Å². The largest absolute Gasteiger partial charge is 0.465 e. The number of rotatable bonds is 13. The highest BCUT2D eigenvalue weighted by Gasteiger charge is 2.21. The summed E-state index contributed by atoms with van der Waals surface area (Å²) < 4.78 is 22.5. The fourth-order valence-corrected chi connectivity index (χ4v) is 7.66. The van der Waals surface area contributed by atoms with E-state index in [1.165, 1.54) is 14.2 Å². The zero-order valence-corrected chi connectivity index (χ0v) is 31.4. The van der Waals surface area contributed by atoms with Gasteiger partial charge < -0.3 is 18.9 Å². The number of amides is 4. The summed E-state index contributed by atoms with van der Waals surface area (Å²) in [5, 5.41) is 0. The minimum absolute atomic E-state index is 0.00920. The summed E-state index contributed by atoms with van der Waals surface area (Å²) >= 11 is 1.67. The van der Waals surface area contributed by atoms with Crippen molar-refractivity contribution in [3.63, 3.8) is 0 Å².